The van der Waals surface area contributed by atoms with Crippen molar-refractivity contribution in [2.24, 2.45) is 0 Å². The minimum atomic E-state index is -4.00. The topological polar surface area (TPSA) is 398 Å². The van der Waals surface area contributed by atoms with E-state index in [0.717, 1.165) is 39.5 Å². The molecule has 0 saturated carbocycles. The fraction of sp³-hybridized carbons (Fsp3) is 0.308. The molecule has 0 bridgehead atoms. The second-order valence-electron chi connectivity index (χ2n) is 32.6. The molecule has 4 atom stereocenters. The molecule has 4 N–H and O–H groups in total. The Morgan fingerprint density at radius 3 is 1.15 bits per heavy atom. The molecule has 35 heteroatoms. The van der Waals surface area contributed by atoms with Gasteiger partial charge < -0.3 is 29.2 Å². The highest BCUT2D eigenvalue weighted by atomic mass is 35.5. The van der Waals surface area contributed by atoms with Crippen molar-refractivity contribution in [3.8, 4) is 5.75 Å². The second-order valence-corrected chi connectivity index (χ2v) is 44.3. The van der Waals surface area contributed by atoms with Crippen molar-refractivity contribution in [1.82, 2.24) is 49.8 Å². The van der Waals surface area contributed by atoms with Crippen LogP contribution in [0, 0.1) is 0 Å². The van der Waals surface area contributed by atoms with Crippen LogP contribution in [0.5, 0.6) is 5.75 Å². The Labute approximate surface area is 759 Å². The molecule has 14 rings (SSSR count). The molecule has 0 radical (unpaired) electrons. The number of nitrogen functional groups attached to an aromatic ring is 1. The van der Waals surface area contributed by atoms with Gasteiger partial charge in [0.05, 0.1) is 77.2 Å². The molecule has 126 heavy (non-hydrogen) atoms. The van der Waals surface area contributed by atoms with Gasteiger partial charge in [-0.3, -0.25) is 43.9 Å². The van der Waals surface area contributed by atoms with Gasteiger partial charge in [-0.2, -0.15) is 8.42 Å². The lowest BCUT2D eigenvalue weighted by molar-refractivity contribution is 0.101. The minimum absolute atomic E-state index is 0.00981. The van der Waals surface area contributed by atoms with Gasteiger partial charge in [0.1, 0.15) is 57.8 Å². The van der Waals surface area contributed by atoms with Gasteiger partial charge in [0, 0.05) is 71.8 Å². The van der Waals surface area contributed by atoms with Crippen LogP contribution in [-0.4, -0.2) is 106 Å². The number of ketones is 1. The highest BCUT2D eigenvalue weighted by Crippen LogP contribution is 2.47. The molecule has 668 valence electrons. The van der Waals surface area contributed by atoms with Gasteiger partial charge in [0.15, 0.2) is 57.8 Å². The molecule has 0 aliphatic heterocycles. The summed E-state index contributed by atoms with van der Waals surface area (Å²) < 4.78 is 121. The third-order valence-corrected chi connectivity index (χ3v) is 29.4. The highest BCUT2D eigenvalue weighted by Gasteiger charge is 2.44. The van der Waals surface area contributed by atoms with Crippen molar-refractivity contribution < 1.29 is 66.1 Å². The monoisotopic (exact) mass is 1890 g/mol. The number of hydrogen-bond donors (Lipinski definition) is 3. The van der Waals surface area contributed by atoms with Crippen LogP contribution in [0.25, 0.3) is 33.3 Å². The summed E-state index contributed by atoms with van der Waals surface area (Å²) >= 11 is 26.6. The van der Waals surface area contributed by atoms with Crippen LogP contribution in [0.4, 0.5) is 5.69 Å². The van der Waals surface area contributed by atoms with Crippen LogP contribution in [0.1, 0.15) is 210 Å². The number of hydrogen-bond acceptors (Lipinski definition) is 27. The Morgan fingerprint density at radius 1 is 0.429 bits per heavy atom. The van der Waals surface area contributed by atoms with Crippen LogP contribution < -0.4 is 5.73 Å². The lowest BCUT2D eigenvalue weighted by Gasteiger charge is -2.25. The van der Waals surface area contributed by atoms with Crippen molar-refractivity contribution >= 4 is 143 Å². The first-order chi connectivity index (χ1) is 58.7. The zero-order valence-corrected chi connectivity index (χ0v) is 80.0. The first-order valence-corrected chi connectivity index (χ1v) is 47.9. The summed E-state index contributed by atoms with van der Waals surface area (Å²) in [7, 11) is -15.1. The summed E-state index contributed by atoms with van der Waals surface area (Å²) in [4.78, 5) is 53.2. The first-order valence-electron chi connectivity index (χ1n) is 39.1. The van der Waals surface area contributed by atoms with Gasteiger partial charge in [0.25, 0.3) is 10.1 Å². The molecule has 10 aromatic heterocycles. The molecule has 0 fully saturated rings. The number of nitrogens with zero attached hydrogens (tertiary/aromatic N) is 10. The predicted molar refractivity (Wildman–Crippen MR) is 496 cm³/mol. The Kier molecular flexibility index (Phi) is 33.9. The number of aromatic hydroxyl groups is 1. The maximum absolute atomic E-state index is 13.5. The molecule has 0 aliphatic rings. The number of benzene rings is 4. The van der Waals surface area contributed by atoms with Crippen LogP contribution >= 0.6 is 58.2 Å². The van der Waals surface area contributed by atoms with Crippen molar-refractivity contribution in [3.05, 3.63) is 297 Å². The Bertz CT molecular complexity index is 6520. The molecular weight excluding hydrogens is 1790 g/mol. The number of fused-ring (bicyclic) bond motifs is 3. The maximum Gasteiger partial charge on any atom is 0.265 e. The van der Waals surface area contributed by atoms with Gasteiger partial charge in [0.2, 0.25) is 17.7 Å². The van der Waals surface area contributed by atoms with Crippen molar-refractivity contribution in [3.63, 3.8) is 0 Å². The first kappa shape index (κ1) is 101. The Hall–Kier alpha value is -10.2. The lowest BCUT2D eigenvalue weighted by atomic mass is 9.97. The van der Waals surface area contributed by atoms with E-state index in [0.29, 0.717) is 56.3 Å². The van der Waals surface area contributed by atoms with Crippen molar-refractivity contribution in [1.29, 1.82) is 0 Å². The predicted octanol–water partition coefficient (Wildman–Crippen LogP) is 21.9. The third kappa shape index (κ3) is 25.4. The van der Waals surface area contributed by atoms with Crippen LogP contribution in [0.15, 0.2) is 252 Å². The number of halogens is 4. The molecule has 14 aromatic rings. The normalized spacial score (nSPS) is 13.0. The summed E-state index contributed by atoms with van der Waals surface area (Å²) in [5.41, 5.74) is 11.7. The van der Waals surface area contributed by atoms with Gasteiger partial charge in [-0.05, 0) is 189 Å². The number of Topliss-reactive ketones (excluding diaryl/α,β-unsaturated/α-hetero) is 1. The van der Waals surface area contributed by atoms with E-state index in [2.05, 4.69) is 77.5 Å². The van der Waals surface area contributed by atoms with Crippen molar-refractivity contribution in [2.45, 2.75) is 193 Å². The van der Waals surface area contributed by atoms with Crippen molar-refractivity contribution in [2.75, 3.05) is 12.0 Å². The average molecular weight is 1890 g/mol. The summed E-state index contributed by atoms with van der Waals surface area (Å²) in [6.45, 7) is 32.7. The van der Waals surface area contributed by atoms with Gasteiger partial charge in [-0.25, -0.2) is 40.2 Å². The second kappa shape index (κ2) is 42.2. The average Bonchev–Trinajstić information content (AvgIpc) is 1.34. The van der Waals surface area contributed by atoms with Crippen LogP contribution in [0.3, 0.4) is 0 Å². The zero-order chi connectivity index (χ0) is 93.5. The maximum atomic E-state index is 13.5. The van der Waals surface area contributed by atoms with Gasteiger partial charge in [-0.15, -0.1) is 11.8 Å². The number of nitrogens with two attached hydrogens (primary N) is 1. The highest BCUT2D eigenvalue weighted by molar-refractivity contribution is 7.99. The van der Waals surface area contributed by atoms with E-state index < -0.39 is 72.3 Å². The van der Waals surface area contributed by atoms with E-state index in [1.807, 2.05) is 84.0 Å². The fourth-order valence-corrected chi connectivity index (χ4v) is 19.5. The number of sulfone groups is 3. The van der Waals surface area contributed by atoms with Crippen LogP contribution in [0.2, 0.25) is 20.1 Å². The summed E-state index contributed by atoms with van der Waals surface area (Å²) in [5.74, 6) is 1.12. The molecule has 4 unspecified atom stereocenters. The smallest absolute Gasteiger partial charge is 0.265 e. The third-order valence-electron chi connectivity index (χ3n) is 18.7. The van der Waals surface area contributed by atoms with E-state index in [1.165, 1.54) is 45.2 Å². The van der Waals surface area contributed by atoms with Gasteiger partial charge >= 0.3 is 0 Å². The number of rotatable bonds is 17. The van der Waals surface area contributed by atoms with E-state index >= 15 is 0 Å². The molecule has 26 nitrogen and oxygen atoms in total. The van der Waals surface area contributed by atoms with E-state index in [4.69, 9.17) is 74.7 Å². The molecule has 0 saturated heterocycles. The van der Waals surface area contributed by atoms with E-state index in [-0.39, 0.29) is 73.9 Å². The standard InChI is InChI=1S/C19H21ClN2O3S.C18H19ClN2O3S.C18H19ClN2OS.C14H15ClN2O3S.C8H11NO3S.C7H9NO.C7H7NO/c1-18(2,3)17-22-13-10-9-12(20)16(15(13)25-17)26(23,24)19(4,5)14-8-6-7-11-21-14;1-11(13-7-5-6-10-20-13)25(22,23)16-12(19)8-9-14-15(16)24-17(21-14)18(2,3)4;1-11(13-7-5-6-10-20-13)23-16-12(19)8-9-14-15(16)22-17(21-14)18(2,3)4;1-14(2,11-5-3-4-8-17-11)21(19,20)13-9(15)6-7-10(16)12(13)18;1-7(12-13(2,10)11)8-5-3-4-6-9-8;2*1-6(9)7-4-2-3-5-8-7/h6-11H,1-5H3;5-11H,1-4H3;5-11H,1-4H3;3-8,18H,16H2,1-2H3;3-7H,1-2H3;2-6,9H,1H3;2-5H,1H3. The largest absolute Gasteiger partial charge is 0.504 e. The quantitative estimate of drug-likeness (QED) is 0.0250. The Morgan fingerprint density at radius 2 is 0.778 bits per heavy atom. The van der Waals surface area contributed by atoms with E-state index in [9.17, 15) is 43.6 Å². The Balaban J connectivity index is 0.000000187. The molecular formula is C91H101Cl4N11O15S5. The summed E-state index contributed by atoms with van der Waals surface area (Å²) in [6, 6.07) is 50.2. The minimum Gasteiger partial charge on any atom is -0.504 e. The molecule has 0 amide bonds. The number of aliphatic hydroxyl groups excluding tert-OH is 1. The number of oxazole rings is 3. The lowest BCUT2D eigenvalue weighted by Crippen LogP contribution is -2.30. The number of phenols is 1. The van der Waals surface area contributed by atoms with Gasteiger partial charge in [-0.1, -0.05) is 151 Å². The SMILES string of the molecule is CC(=O)c1ccccn1.CC(C)(C)c1nc2ccc(Cl)c(S(=O)(=O)C(C)(C)c3ccccn3)c2o1.CC(C)(c1ccccn1)S(=O)(=O)c1c(Cl)ccc(N)c1O.CC(O)c1ccccn1.CC(OS(C)(=O)=O)c1ccccn1.CC(Sc1c(Cl)ccc2nc(C(C)(C)C)oc12)c1ccccn1.CC(c1ccccn1)S(=O)(=O)c1c(Cl)ccc2nc(C(C)(C)C)oc12. The summed E-state index contributed by atoms with van der Waals surface area (Å²) in [6.07, 6.45) is 11.4. The zero-order valence-electron chi connectivity index (χ0n) is 72.9. The molecule has 4 aromatic carbocycles. The van der Waals surface area contributed by atoms with Crippen LogP contribution in [-0.2, 0) is 69.6 Å². The number of aromatic nitrogens is 10. The number of anilines is 1. The van der Waals surface area contributed by atoms with E-state index in [1.54, 1.807) is 199 Å². The molecule has 10 heterocycles. The number of aliphatic hydroxyl groups is 1. The number of carbonyl (C=O) groups is 1. The number of thioether (sulfide) groups is 1. The molecule has 0 spiro atoms. The number of phenolic OH excluding ortho intramolecular Hbond substituents is 1. The number of carbonyl (C=O) groups excluding carboxylic acids is 1. The fourth-order valence-electron chi connectivity index (χ4n) is 11.4. The number of pyridine rings is 7. The molecule has 0 aliphatic carbocycles. The summed E-state index contributed by atoms with van der Waals surface area (Å²) in [5, 5.41) is 19.1.